The third-order valence-electron chi connectivity index (χ3n) is 1.94. The van der Waals surface area contributed by atoms with Gasteiger partial charge in [0.25, 0.3) is 10.2 Å². The number of hydrogen-bond donors (Lipinski definition) is 2. The molecule has 0 unspecified atom stereocenters. The minimum Gasteiger partial charge on any atom is -0.255 e. The summed E-state index contributed by atoms with van der Waals surface area (Å²) in [4.78, 5) is 4.11. The Labute approximate surface area is 110 Å². The molecule has 0 fully saturated rings. The second-order valence-electron chi connectivity index (χ2n) is 4.11. The number of anilines is 1. The minimum atomic E-state index is -3.54. The summed E-state index contributed by atoms with van der Waals surface area (Å²) in [7, 11) is -3.54. The number of hydrogen-bond acceptors (Lipinski definition) is 3. The van der Waals surface area contributed by atoms with Crippen molar-refractivity contribution in [2.75, 3.05) is 11.3 Å². The molecule has 0 aliphatic carbocycles. The average molecular weight is 322 g/mol. The number of aromatic nitrogens is 1. The molecule has 1 aromatic rings. The second kappa shape index (κ2) is 5.79. The van der Waals surface area contributed by atoms with Crippen molar-refractivity contribution in [3.63, 3.8) is 0 Å². The fourth-order valence-electron chi connectivity index (χ4n) is 1.05. The van der Waals surface area contributed by atoms with E-state index in [1.54, 1.807) is 19.1 Å². The van der Waals surface area contributed by atoms with Crippen LogP contribution < -0.4 is 9.44 Å². The number of rotatable bonds is 5. The standard InChI is InChI=1S/C10H16BrN3O2S/c1-7(2)6-12-17(15,16)14-10-5-4-9(11)8(3)13-10/h4-5,7,12H,6H2,1-3H3,(H,13,14). The Kier molecular flexibility index (Phi) is 4.91. The van der Waals surface area contributed by atoms with Crippen LogP contribution in [-0.4, -0.2) is 19.9 Å². The van der Waals surface area contributed by atoms with Crippen LogP contribution in [0.2, 0.25) is 0 Å². The molecule has 1 rings (SSSR count). The molecule has 7 heteroatoms. The summed E-state index contributed by atoms with van der Waals surface area (Å²) in [6.45, 7) is 6.06. The zero-order valence-corrected chi connectivity index (χ0v) is 12.4. The summed E-state index contributed by atoms with van der Waals surface area (Å²) in [5.74, 6) is 0.563. The summed E-state index contributed by atoms with van der Waals surface area (Å²) in [6.07, 6.45) is 0. The molecule has 0 saturated carbocycles. The lowest BCUT2D eigenvalue weighted by Crippen LogP contribution is -2.33. The average Bonchev–Trinajstić information content (AvgIpc) is 2.21. The van der Waals surface area contributed by atoms with Crippen molar-refractivity contribution in [1.82, 2.24) is 9.71 Å². The quantitative estimate of drug-likeness (QED) is 0.872. The van der Waals surface area contributed by atoms with E-state index in [-0.39, 0.29) is 5.92 Å². The van der Waals surface area contributed by atoms with Gasteiger partial charge in [-0.05, 0) is 40.9 Å². The highest BCUT2D eigenvalue weighted by atomic mass is 79.9. The number of nitrogens with zero attached hydrogens (tertiary/aromatic N) is 1. The van der Waals surface area contributed by atoms with E-state index < -0.39 is 10.2 Å². The lowest BCUT2D eigenvalue weighted by Gasteiger charge is -2.10. The van der Waals surface area contributed by atoms with Crippen LogP contribution in [-0.2, 0) is 10.2 Å². The molecule has 0 amide bonds. The van der Waals surface area contributed by atoms with Crippen LogP contribution in [0.15, 0.2) is 16.6 Å². The smallest absolute Gasteiger partial charge is 0.255 e. The summed E-state index contributed by atoms with van der Waals surface area (Å²) >= 11 is 3.30. The largest absolute Gasteiger partial charge is 0.300 e. The maximum absolute atomic E-state index is 11.6. The Bertz CT molecular complexity index is 488. The van der Waals surface area contributed by atoms with E-state index in [2.05, 4.69) is 30.4 Å². The highest BCUT2D eigenvalue weighted by Crippen LogP contribution is 2.16. The second-order valence-corrected chi connectivity index (χ2v) is 6.47. The first-order valence-electron chi connectivity index (χ1n) is 5.20. The Morgan fingerprint density at radius 2 is 2.06 bits per heavy atom. The zero-order valence-electron chi connectivity index (χ0n) is 9.99. The van der Waals surface area contributed by atoms with Gasteiger partial charge in [-0.15, -0.1) is 0 Å². The van der Waals surface area contributed by atoms with Gasteiger partial charge in [0.2, 0.25) is 0 Å². The van der Waals surface area contributed by atoms with Crippen LogP contribution in [0.5, 0.6) is 0 Å². The molecule has 17 heavy (non-hydrogen) atoms. The molecule has 96 valence electrons. The van der Waals surface area contributed by atoms with Gasteiger partial charge in [-0.3, -0.25) is 4.72 Å². The van der Waals surface area contributed by atoms with Crippen LogP contribution in [0.3, 0.4) is 0 Å². The topological polar surface area (TPSA) is 71.1 Å². The summed E-state index contributed by atoms with van der Waals surface area (Å²) < 4.78 is 28.9. The number of halogens is 1. The Hall–Kier alpha value is -0.660. The lowest BCUT2D eigenvalue weighted by molar-refractivity contribution is 0.564. The van der Waals surface area contributed by atoms with E-state index in [4.69, 9.17) is 0 Å². The third kappa shape index (κ3) is 5.01. The van der Waals surface area contributed by atoms with E-state index >= 15 is 0 Å². The molecule has 0 aromatic carbocycles. The number of pyridine rings is 1. The lowest BCUT2D eigenvalue weighted by atomic mass is 10.2. The van der Waals surface area contributed by atoms with Crippen LogP contribution in [0.4, 0.5) is 5.82 Å². The van der Waals surface area contributed by atoms with Crippen molar-refractivity contribution >= 4 is 32.0 Å². The molecule has 2 N–H and O–H groups in total. The monoisotopic (exact) mass is 321 g/mol. The first kappa shape index (κ1) is 14.4. The molecule has 1 heterocycles. The van der Waals surface area contributed by atoms with Gasteiger partial charge in [0, 0.05) is 11.0 Å². The Morgan fingerprint density at radius 3 is 2.59 bits per heavy atom. The normalized spacial score (nSPS) is 11.8. The molecule has 0 spiro atoms. The minimum absolute atomic E-state index is 0.256. The first-order valence-corrected chi connectivity index (χ1v) is 7.48. The van der Waals surface area contributed by atoms with Gasteiger partial charge in [0.1, 0.15) is 5.82 Å². The predicted octanol–water partition coefficient (Wildman–Crippen LogP) is 2.05. The van der Waals surface area contributed by atoms with Gasteiger partial charge in [-0.25, -0.2) is 4.98 Å². The summed E-state index contributed by atoms with van der Waals surface area (Å²) in [5.41, 5.74) is 0.731. The van der Waals surface area contributed by atoms with E-state index in [0.29, 0.717) is 12.4 Å². The van der Waals surface area contributed by atoms with Gasteiger partial charge in [-0.2, -0.15) is 13.1 Å². The van der Waals surface area contributed by atoms with Crippen molar-refractivity contribution in [1.29, 1.82) is 0 Å². The summed E-state index contributed by atoms with van der Waals surface area (Å²) in [6, 6.07) is 3.36. The zero-order chi connectivity index (χ0) is 13.1. The first-order chi connectivity index (χ1) is 7.80. The van der Waals surface area contributed by atoms with E-state index in [1.165, 1.54) is 0 Å². The maximum Gasteiger partial charge on any atom is 0.300 e. The van der Waals surface area contributed by atoms with Crippen molar-refractivity contribution in [2.24, 2.45) is 5.92 Å². The van der Waals surface area contributed by atoms with Crippen LogP contribution in [0.1, 0.15) is 19.5 Å². The van der Waals surface area contributed by atoms with Crippen molar-refractivity contribution < 1.29 is 8.42 Å². The van der Waals surface area contributed by atoms with Gasteiger partial charge < -0.3 is 0 Å². The van der Waals surface area contributed by atoms with E-state index in [0.717, 1.165) is 10.2 Å². The van der Waals surface area contributed by atoms with Crippen LogP contribution in [0.25, 0.3) is 0 Å². The molecule has 5 nitrogen and oxygen atoms in total. The molecule has 0 saturated heterocycles. The molecular weight excluding hydrogens is 306 g/mol. The predicted molar refractivity (Wildman–Crippen MR) is 72.1 cm³/mol. The van der Waals surface area contributed by atoms with Gasteiger partial charge >= 0.3 is 0 Å². The van der Waals surface area contributed by atoms with E-state index in [1.807, 2.05) is 13.8 Å². The van der Waals surface area contributed by atoms with Crippen molar-refractivity contribution in [3.8, 4) is 0 Å². The molecule has 0 radical (unpaired) electrons. The van der Waals surface area contributed by atoms with Gasteiger partial charge in [0.05, 0.1) is 5.69 Å². The third-order valence-corrected chi connectivity index (χ3v) is 3.80. The van der Waals surface area contributed by atoms with Crippen LogP contribution >= 0.6 is 15.9 Å². The number of nitrogens with one attached hydrogen (secondary N) is 2. The van der Waals surface area contributed by atoms with E-state index in [9.17, 15) is 8.42 Å². The van der Waals surface area contributed by atoms with Crippen LogP contribution in [0, 0.1) is 12.8 Å². The highest BCUT2D eigenvalue weighted by Gasteiger charge is 2.11. The molecule has 0 atom stereocenters. The fourth-order valence-corrected chi connectivity index (χ4v) is 2.29. The number of aryl methyl sites for hydroxylation is 1. The Balaban J connectivity index is 2.73. The highest BCUT2D eigenvalue weighted by molar-refractivity contribution is 9.10. The molecular formula is C10H16BrN3O2S. The SMILES string of the molecule is Cc1nc(NS(=O)(=O)NCC(C)C)ccc1Br. The van der Waals surface area contributed by atoms with Gasteiger partial charge in [-0.1, -0.05) is 13.8 Å². The van der Waals surface area contributed by atoms with Crippen molar-refractivity contribution in [3.05, 3.63) is 22.3 Å². The molecule has 1 aromatic heterocycles. The fraction of sp³-hybridized carbons (Fsp3) is 0.500. The molecule has 0 aliphatic rings. The summed E-state index contributed by atoms with van der Waals surface area (Å²) in [5, 5.41) is 0. The molecule has 0 bridgehead atoms. The Morgan fingerprint density at radius 1 is 1.41 bits per heavy atom. The van der Waals surface area contributed by atoms with Crippen molar-refractivity contribution in [2.45, 2.75) is 20.8 Å². The molecule has 0 aliphatic heterocycles. The van der Waals surface area contributed by atoms with Gasteiger partial charge in [0.15, 0.2) is 0 Å². The maximum atomic E-state index is 11.6.